The molecule has 0 N–H and O–H groups in total. The fraction of sp³-hybridized carbons (Fsp3) is 0.0455. The molecule has 0 saturated carbocycles. The average Bonchev–Trinajstić information content (AvgIpc) is 2.65. The van der Waals surface area contributed by atoms with Gasteiger partial charge in [-0.3, -0.25) is 4.79 Å². The summed E-state index contributed by atoms with van der Waals surface area (Å²) in [6, 6.07) is 18.8. The molecule has 118 valence electrons. The Bertz CT molecular complexity index is 1010. The van der Waals surface area contributed by atoms with Gasteiger partial charge in [-0.2, -0.15) is 0 Å². The third kappa shape index (κ3) is 3.04. The fourth-order valence-electron chi connectivity index (χ4n) is 2.83. The molecule has 0 bridgehead atoms. The molecule has 0 saturated heterocycles. The number of hydrogen-bond acceptors (Lipinski definition) is 2. The lowest BCUT2D eigenvalue weighted by molar-refractivity contribution is -0.108. The number of carbonyl (C=O) groups is 1. The number of nitriles is 1. The fourth-order valence-corrected chi connectivity index (χ4v) is 2.83. The number of allylic oxidation sites excluding steroid dienone is 6. The number of aryl methyl sites for hydroxylation is 1. The maximum absolute atomic E-state index is 13.1. The molecule has 0 radical (unpaired) electrons. The molecule has 1 aliphatic rings. The van der Waals surface area contributed by atoms with Crippen LogP contribution in [-0.2, 0) is 4.79 Å². The van der Waals surface area contributed by atoms with E-state index in [1.165, 1.54) is 0 Å². The summed E-state index contributed by atoms with van der Waals surface area (Å²) in [5, 5.41) is 9.25. The quantitative estimate of drug-likeness (QED) is 0.592. The first-order chi connectivity index (χ1) is 12.2. The van der Waals surface area contributed by atoms with Crippen LogP contribution < -0.4 is 0 Å². The largest absolute Gasteiger partial charge is 0.289 e. The van der Waals surface area contributed by atoms with Gasteiger partial charge in [0.15, 0.2) is 5.78 Å². The maximum atomic E-state index is 13.1. The molecule has 3 rings (SSSR count). The van der Waals surface area contributed by atoms with Crippen LogP contribution in [0.15, 0.2) is 78.0 Å². The number of nitrogens with zero attached hydrogens (tertiary/aromatic N) is 2. The summed E-state index contributed by atoms with van der Waals surface area (Å²) >= 11 is 0. The van der Waals surface area contributed by atoms with Gasteiger partial charge in [0.2, 0.25) is 0 Å². The molecule has 0 aromatic heterocycles. The lowest BCUT2D eigenvalue weighted by Crippen LogP contribution is -2.11. The van der Waals surface area contributed by atoms with E-state index in [-0.39, 0.29) is 11.5 Å². The zero-order chi connectivity index (χ0) is 17.8. The standard InChI is InChI=1S/C22H14N2O/c1-15-8-6-7-11-18(15)20-13-17(21(14-23)24-2)12-19(22(20)25)16-9-4-3-5-10-16/h3-13H,1H3. The van der Waals surface area contributed by atoms with Crippen molar-refractivity contribution in [3.8, 4) is 6.07 Å². The Morgan fingerprint density at radius 3 is 2.28 bits per heavy atom. The minimum atomic E-state index is -0.105. The number of Topliss-reactive ketones (excluding diaryl/α,β-unsaturated/α-hetero) is 1. The van der Waals surface area contributed by atoms with Crippen molar-refractivity contribution in [2.45, 2.75) is 6.92 Å². The number of rotatable bonds is 2. The highest BCUT2D eigenvalue weighted by molar-refractivity contribution is 6.44. The van der Waals surface area contributed by atoms with E-state index in [2.05, 4.69) is 4.85 Å². The molecule has 0 fully saturated rings. The van der Waals surface area contributed by atoms with Crippen molar-refractivity contribution in [2.24, 2.45) is 0 Å². The van der Waals surface area contributed by atoms with Crippen LogP contribution >= 0.6 is 0 Å². The summed E-state index contributed by atoms with van der Waals surface area (Å²) in [5.41, 5.74) is 4.00. The number of ketones is 1. The average molecular weight is 322 g/mol. The highest BCUT2D eigenvalue weighted by Gasteiger charge is 2.24. The zero-order valence-electron chi connectivity index (χ0n) is 13.7. The molecule has 1 aliphatic carbocycles. The molecular formula is C22H14N2O. The summed E-state index contributed by atoms with van der Waals surface area (Å²) in [7, 11) is 0. The third-order valence-electron chi connectivity index (χ3n) is 4.10. The summed E-state index contributed by atoms with van der Waals surface area (Å²) in [4.78, 5) is 16.4. The van der Waals surface area contributed by atoms with Crippen LogP contribution in [0.1, 0.15) is 16.7 Å². The van der Waals surface area contributed by atoms with Crippen LogP contribution in [0.4, 0.5) is 0 Å². The van der Waals surface area contributed by atoms with Crippen molar-refractivity contribution in [1.82, 2.24) is 0 Å². The van der Waals surface area contributed by atoms with E-state index >= 15 is 0 Å². The van der Waals surface area contributed by atoms with Gasteiger partial charge in [0.25, 0.3) is 5.70 Å². The molecule has 25 heavy (non-hydrogen) atoms. The van der Waals surface area contributed by atoms with Gasteiger partial charge >= 0.3 is 0 Å². The summed E-state index contributed by atoms with van der Waals surface area (Å²) in [5.74, 6) is -0.105. The van der Waals surface area contributed by atoms with Gasteiger partial charge in [0.05, 0.1) is 12.6 Å². The predicted octanol–water partition coefficient (Wildman–Crippen LogP) is 4.74. The van der Waals surface area contributed by atoms with Crippen molar-refractivity contribution in [3.05, 3.63) is 106 Å². The van der Waals surface area contributed by atoms with Crippen molar-refractivity contribution in [2.75, 3.05) is 0 Å². The highest BCUT2D eigenvalue weighted by Crippen LogP contribution is 2.34. The lowest BCUT2D eigenvalue weighted by atomic mass is 9.84. The lowest BCUT2D eigenvalue weighted by Gasteiger charge is -2.18. The van der Waals surface area contributed by atoms with E-state index < -0.39 is 0 Å². The first-order valence-electron chi connectivity index (χ1n) is 7.77. The van der Waals surface area contributed by atoms with Gasteiger partial charge in [-0.05, 0) is 29.2 Å². The van der Waals surface area contributed by atoms with E-state index in [1.807, 2.05) is 67.6 Å². The van der Waals surface area contributed by atoms with Crippen LogP contribution in [0, 0.1) is 24.8 Å². The Balaban J connectivity index is 2.26. The molecule has 2 aromatic rings. The van der Waals surface area contributed by atoms with E-state index in [0.29, 0.717) is 16.7 Å². The van der Waals surface area contributed by atoms with Gasteiger partial charge in [0.1, 0.15) is 0 Å². The normalized spacial score (nSPS) is 15.6. The van der Waals surface area contributed by atoms with Crippen LogP contribution in [0.5, 0.6) is 0 Å². The second-order valence-corrected chi connectivity index (χ2v) is 5.65. The molecule has 3 nitrogen and oxygen atoms in total. The van der Waals surface area contributed by atoms with Gasteiger partial charge < -0.3 is 0 Å². The van der Waals surface area contributed by atoms with Crippen molar-refractivity contribution >= 4 is 16.9 Å². The first kappa shape index (κ1) is 16.2. The first-order valence-corrected chi connectivity index (χ1v) is 7.77. The summed E-state index contributed by atoms with van der Waals surface area (Å²) in [6.07, 6.45) is 3.28. The minimum absolute atomic E-state index is 0.0213. The van der Waals surface area contributed by atoms with Crippen LogP contribution in [0.2, 0.25) is 0 Å². The highest BCUT2D eigenvalue weighted by atomic mass is 16.1. The number of hydrogen-bond donors (Lipinski definition) is 0. The second kappa shape index (κ2) is 6.83. The third-order valence-corrected chi connectivity index (χ3v) is 4.10. The second-order valence-electron chi connectivity index (χ2n) is 5.65. The Hall–Kier alpha value is -3.69. The monoisotopic (exact) mass is 322 g/mol. The van der Waals surface area contributed by atoms with Gasteiger partial charge in [-0.15, -0.1) is 0 Å². The Morgan fingerprint density at radius 1 is 1.00 bits per heavy atom. The van der Waals surface area contributed by atoms with E-state index in [9.17, 15) is 10.1 Å². The van der Waals surface area contributed by atoms with Crippen LogP contribution in [0.25, 0.3) is 16.0 Å². The van der Waals surface area contributed by atoms with Crippen LogP contribution in [-0.4, -0.2) is 5.78 Å². The number of benzene rings is 2. The van der Waals surface area contributed by atoms with Crippen LogP contribution in [0.3, 0.4) is 0 Å². The molecule has 0 unspecified atom stereocenters. The Labute approximate surface area is 146 Å². The SMILES string of the molecule is [C-]#[N+]C(C#N)=C1C=C(c2ccccc2)C(=O)C(c2ccccc2C)=C1. The summed E-state index contributed by atoms with van der Waals surface area (Å²) < 4.78 is 0. The molecule has 3 heteroatoms. The van der Waals surface area contributed by atoms with Crippen molar-refractivity contribution in [1.29, 1.82) is 5.26 Å². The Kier molecular flexibility index (Phi) is 4.42. The van der Waals surface area contributed by atoms with Crippen molar-refractivity contribution in [3.63, 3.8) is 0 Å². The van der Waals surface area contributed by atoms with Gasteiger partial charge in [0, 0.05) is 11.1 Å². The topological polar surface area (TPSA) is 45.2 Å². The summed E-state index contributed by atoms with van der Waals surface area (Å²) in [6.45, 7) is 9.17. The van der Waals surface area contributed by atoms with E-state index in [0.717, 1.165) is 16.7 Å². The molecule has 0 aliphatic heterocycles. The number of carbonyl (C=O) groups excluding carboxylic acids is 1. The van der Waals surface area contributed by atoms with Gasteiger partial charge in [-0.1, -0.05) is 66.7 Å². The molecule has 0 spiro atoms. The molecule has 0 heterocycles. The Morgan fingerprint density at radius 2 is 1.64 bits per heavy atom. The maximum Gasteiger partial charge on any atom is 0.269 e. The molecular weight excluding hydrogens is 308 g/mol. The minimum Gasteiger partial charge on any atom is -0.289 e. The van der Waals surface area contributed by atoms with Crippen molar-refractivity contribution < 1.29 is 4.79 Å². The molecule has 2 aromatic carbocycles. The molecule has 0 amide bonds. The smallest absolute Gasteiger partial charge is 0.269 e. The van der Waals surface area contributed by atoms with Gasteiger partial charge in [-0.25, -0.2) is 10.1 Å². The predicted molar refractivity (Wildman–Crippen MR) is 97.8 cm³/mol. The van der Waals surface area contributed by atoms with E-state index in [1.54, 1.807) is 12.2 Å². The van der Waals surface area contributed by atoms with E-state index in [4.69, 9.17) is 6.57 Å². The zero-order valence-corrected chi connectivity index (χ0v) is 13.7. The molecule has 0 atom stereocenters.